The fraction of sp³-hybridized carbons (Fsp3) is 0.0667. The van der Waals surface area contributed by atoms with E-state index in [4.69, 9.17) is 5.11 Å². The number of phenols is 1. The van der Waals surface area contributed by atoms with E-state index in [2.05, 4.69) is 4.74 Å². The van der Waals surface area contributed by atoms with E-state index in [1.54, 1.807) is 24.3 Å². The van der Waals surface area contributed by atoms with E-state index in [9.17, 15) is 14.7 Å². The first-order valence-corrected chi connectivity index (χ1v) is 5.77. The predicted octanol–water partition coefficient (Wildman–Crippen LogP) is 2.54. The maximum atomic E-state index is 11.3. The number of carboxylic acid groups (broad SMARTS) is 1. The van der Waals surface area contributed by atoms with E-state index in [-0.39, 0.29) is 11.3 Å². The molecule has 20 heavy (non-hydrogen) atoms. The largest absolute Gasteiger partial charge is 0.508 e. The first kappa shape index (κ1) is 13.6. The molecular weight excluding hydrogens is 260 g/mol. The van der Waals surface area contributed by atoms with Crippen molar-refractivity contribution in [1.82, 2.24) is 0 Å². The normalized spacial score (nSPS) is 10.1. The minimum absolute atomic E-state index is 0.00274. The van der Waals surface area contributed by atoms with Crippen LogP contribution in [0.3, 0.4) is 0 Å². The van der Waals surface area contributed by atoms with Gasteiger partial charge in [0, 0.05) is 0 Å². The van der Waals surface area contributed by atoms with Crippen LogP contribution in [0.15, 0.2) is 42.5 Å². The van der Waals surface area contributed by atoms with Crippen LogP contribution < -0.4 is 0 Å². The standard InChI is InChI=1S/C15H12O5/c1-20-15(19)10-4-2-9(3-5-10)11-6-12(14(17)18)8-13(16)7-11/h2-8,16H,1H3,(H,17,18). The summed E-state index contributed by atoms with van der Waals surface area (Å²) in [7, 11) is 1.30. The molecule has 2 N–H and O–H groups in total. The van der Waals surface area contributed by atoms with Gasteiger partial charge in [-0.25, -0.2) is 9.59 Å². The lowest BCUT2D eigenvalue weighted by molar-refractivity contribution is 0.0600. The molecule has 0 amide bonds. The molecule has 0 saturated heterocycles. The molecule has 0 fully saturated rings. The van der Waals surface area contributed by atoms with Gasteiger partial charge in [0.15, 0.2) is 0 Å². The number of rotatable bonds is 3. The second-order valence-electron chi connectivity index (χ2n) is 4.14. The van der Waals surface area contributed by atoms with Crippen molar-refractivity contribution >= 4 is 11.9 Å². The van der Waals surface area contributed by atoms with E-state index in [1.165, 1.54) is 25.3 Å². The summed E-state index contributed by atoms with van der Waals surface area (Å²) in [4.78, 5) is 22.3. The van der Waals surface area contributed by atoms with Crippen molar-refractivity contribution in [3.63, 3.8) is 0 Å². The second kappa shape index (κ2) is 5.44. The molecule has 5 nitrogen and oxygen atoms in total. The molecular formula is C15H12O5. The molecule has 0 saturated carbocycles. The van der Waals surface area contributed by atoms with Crippen LogP contribution in [0.4, 0.5) is 0 Å². The molecule has 2 aromatic carbocycles. The van der Waals surface area contributed by atoms with Crippen LogP contribution in [-0.4, -0.2) is 29.3 Å². The highest BCUT2D eigenvalue weighted by Gasteiger charge is 2.09. The third-order valence-corrected chi connectivity index (χ3v) is 2.80. The number of phenolic OH excluding ortho intramolecular Hbond substituents is 1. The summed E-state index contributed by atoms with van der Waals surface area (Å²) in [6, 6.07) is 10.6. The highest BCUT2D eigenvalue weighted by atomic mass is 16.5. The van der Waals surface area contributed by atoms with Gasteiger partial charge in [-0.05, 0) is 41.5 Å². The van der Waals surface area contributed by atoms with Gasteiger partial charge < -0.3 is 14.9 Å². The van der Waals surface area contributed by atoms with Crippen LogP contribution in [0.2, 0.25) is 0 Å². The average molecular weight is 272 g/mol. The molecule has 0 aliphatic carbocycles. The molecule has 0 heterocycles. The maximum Gasteiger partial charge on any atom is 0.337 e. The summed E-state index contributed by atoms with van der Waals surface area (Å²) in [5.74, 6) is -1.69. The molecule has 5 heteroatoms. The number of aromatic hydroxyl groups is 1. The molecule has 0 aliphatic heterocycles. The van der Waals surface area contributed by atoms with Gasteiger partial charge in [0.1, 0.15) is 5.75 Å². The van der Waals surface area contributed by atoms with Crippen molar-refractivity contribution in [3.8, 4) is 16.9 Å². The Morgan fingerprint density at radius 2 is 1.60 bits per heavy atom. The van der Waals surface area contributed by atoms with Crippen molar-refractivity contribution in [2.24, 2.45) is 0 Å². The monoisotopic (exact) mass is 272 g/mol. The smallest absolute Gasteiger partial charge is 0.337 e. The lowest BCUT2D eigenvalue weighted by Crippen LogP contribution is -2.00. The third-order valence-electron chi connectivity index (χ3n) is 2.80. The van der Waals surface area contributed by atoms with Crippen molar-refractivity contribution in [2.45, 2.75) is 0 Å². The lowest BCUT2D eigenvalue weighted by atomic mass is 10.0. The quantitative estimate of drug-likeness (QED) is 0.839. The molecule has 0 atom stereocenters. The Morgan fingerprint density at radius 1 is 0.950 bits per heavy atom. The molecule has 2 rings (SSSR count). The summed E-state index contributed by atoms with van der Waals surface area (Å²) >= 11 is 0. The molecule has 102 valence electrons. The molecule has 2 aromatic rings. The number of benzene rings is 2. The average Bonchev–Trinajstić information content (AvgIpc) is 2.46. The van der Waals surface area contributed by atoms with E-state index in [0.717, 1.165) is 0 Å². The van der Waals surface area contributed by atoms with E-state index >= 15 is 0 Å². The molecule has 0 aliphatic rings. The fourth-order valence-electron chi connectivity index (χ4n) is 1.82. The van der Waals surface area contributed by atoms with Gasteiger partial charge in [0.2, 0.25) is 0 Å². The fourth-order valence-corrected chi connectivity index (χ4v) is 1.82. The Morgan fingerprint density at radius 3 is 2.15 bits per heavy atom. The first-order chi connectivity index (χ1) is 9.51. The topological polar surface area (TPSA) is 83.8 Å². The number of carbonyl (C=O) groups excluding carboxylic acids is 1. The van der Waals surface area contributed by atoms with Gasteiger partial charge in [-0.1, -0.05) is 12.1 Å². The summed E-state index contributed by atoms with van der Waals surface area (Å²) in [5, 5.41) is 18.5. The van der Waals surface area contributed by atoms with Gasteiger partial charge in [0.25, 0.3) is 0 Å². The van der Waals surface area contributed by atoms with Crippen molar-refractivity contribution in [3.05, 3.63) is 53.6 Å². The molecule has 0 unspecified atom stereocenters. The van der Waals surface area contributed by atoms with Gasteiger partial charge in [0.05, 0.1) is 18.2 Å². The number of carbonyl (C=O) groups is 2. The number of esters is 1. The van der Waals surface area contributed by atoms with Gasteiger partial charge in [-0.15, -0.1) is 0 Å². The second-order valence-corrected chi connectivity index (χ2v) is 4.14. The van der Waals surface area contributed by atoms with Crippen molar-refractivity contribution < 1.29 is 24.5 Å². The number of aromatic carboxylic acids is 1. The Balaban J connectivity index is 2.41. The predicted molar refractivity (Wildman–Crippen MR) is 71.8 cm³/mol. The van der Waals surface area contributed by atoms with Crippen LogP contribution in [0.5, 0.6) is 5.75 Å². The number of methoxy groups -OCH3 is 1. The maximum absolute atomic E-state index is 11.3. The van der Waals surface area contributed by atoms with Crippen LogP contribution >= 0.6 is 0 Å². The molecule has 0 spiro atoms. The zero-order chi connectivity index (χ0) is 14.7. The van der Waals surface area contributed by atoms with Gasteiger partial charge >= 0.3 is 11.9 Å². The highest BCUT2D eigenvalue weighted by molar-refractivity contribution is 5.91. The van der Waals surface area contributed by atoms with E-state index in [1.807, 2.05) is 0 Å². The third kappa shape index (κ3) is 2.77. The Kier molecular flexibility index (Phi) is 3.70. The highest BCUT2D eigenvalue weighted by Crippen LogP contribution is 2.26. The first-order valence-electron chi connectivity index (χ1n) is 5.77. The number of hydrogen-bond donors (Lipinski definition) is 2. The zero-order valence-corrected chi connectivity index (χ0v) is 10.7. The minimum atomic E-state index is -1.12. The van der Waals surface area contributed by atoms with Gasteiger partial charge in [-0.2, -0.15) is 0 Å². The van der Waals surface area contributed by atoms with Crippen LogP contribution in [0.25, 0.3) is 11.1 Å². The number of ether oxygens (including phenoxy) is 1. The molecule has 0 bridgehead atoms. The van der Waals surface area contributed by atoms with E-state index in [0.29, 0.717) is 16.7 Å². The van der Waals surface area contributed by atoms with E-state index < -0.39 is 11.9 Å². The number of carboxylic acids is 1. The summed E-state index contributed by atoms with van der Waals surface area (Å²) < 4.78 is 4.59. The van der Waals surface area contributed by atoms with Gasteiger partial charge in [-0.3, -0.25) is 0 Å². The van der Waals surface area contributed by atoms with Crippen molar-refractivity contribution in [1.29, 1.82) is 0 Å². The summed E-state index contributed by atoms with van der Waals surface area (Å²) in [5.41, 5.74) is 1.64. The zero-order valence-electron chi connectivity index (χ0n) is 10.7. The lowest BCUT2D eigenvalue weighted by Gasteiger charge is -2.06. The summed E-state index contributed by atoms with van der Waals surface area (Å²) in [6.45, 7) is 0. The Labute approximate surface area is 115 Å². The van der Waals surface area contributed by atoms with Crippen LogP contribution in [0, 0.1) is 0 Å². The van der Waals surface area contributed by atoms with Crippen LogP contribution in [0.1, 0.15) is 20.7 Å². The Hall–Kier alpha value is -2.82. The van der Waals surface area contributed by atoms with Crippen LogP contribution in [-0.2, 0) is 4.74 Å². The summed E-state index contributed by atoms with van der Waals surface area (Å²) in [6.07, 6.45) is 0. The van der Waals surface area contributed by atoms with Crippen molar-refractivity contribution in [2.75, 3.05) is 7.11 Å². The SMILES string of the molecule is COC(=O)c1ccc(-c2cc(O)cc(C(=O)O)c2)cc1. The molecule has 0 aromatic heterocycles. The number of hydrogen-bond acceptors (Lipinski definition) is 4. The Bertz CT molecular complexity index is 658. The molecule has 0 radical (unpaired) electrons. The minimum Gasteiger partial charge on any atom is -0.508 e.